The minimum Gasteiger partial charge on any atom is -0.490 e. The minimum absolute atomic E-state index is 0.282. The number of anilines is 1. The molecular weight excluding hydrogens is 560 g/mol. The Bertz CT molecular complexity index is 1540. The first-order valence-corrected chi connectivity index (χ1v) is 14.7. The standard InChI is InChI=1S/C35H33BrN2O2/c1-3-39-33-20-25(19-31(36)35(33)40-22-24-13-11-23(2)12-14-24)21-37-27-17-15-26(16-18-27)34-30-9-6-8-28(30)29-7-4-5-10-32(29)38-34/h4-8,10-21,28,30,34,38H,3,9,22H2,1-2H3/t28-,30-,34+/m1/s1. The minimum atomic E-state index is 0.282. The van der Waals surface area contributed by atoms with Gasteiger partial charge < -0.3 is 14.8 Å². The third-order valence-corrected chi connectivity index (χ3v) is 8.31. The maximum Gasteiger partial charge on any atom is 0.175 e. The van der Waals surface area contributed by atoms with Gasteiger partial charge in [0.25, 0.3) is 0 Å². The molecule has 4 aromatic carbocycles. The molecule has 202 valence electrons. The van der Waals surface area contributed by atoms with Crippen LogP contribution >= 0.6 is 15.9 Å². The van der Waals surface area contributed by atoms with E-state index in [1.807, 2.05) is 25.3 Å². The number of aliphatic imine (C=N–C) groups is 1. The number of nitrogens with zero attached hydrogens (tertiary/aromatic N) is 1. The van der Waals surface area contributed by atoms with Crippen LogP contribution in [0.25, 0.3) is 0 Å². The molecule has 0 bridgehead atoms. The zero-order valence-corrected chi connectivity index (χ0v) is 24.4. The molecule has 1 N–H and O–H groups in total. The number of benzene rings is 4. The molecule has 0 radical (unpaired) electrons. The zero-order chi connectivity index (χ0) is 27.5. The molecule has 0 amide bonds. The number of allylic oxidation sites excluding steroid dienone is 2. The normalized spacial score (nSPS) is 19.2. The fourth-order valence-corrected chi connectivity index (χ4v) is 6.27. The summed E-state index contributed by atoms with van der Waals surface area (Å²) >= 11 is 3.69. The van der Waals surface area contributed by atoms with Crippen molar-refractivity contribution >= 4 is 33.5 Å². The van der Waals surface area contributed by atoms with E-state index in [0.717, 1.165) is 27.7 Å². The summed E-state index contributed by atoms with van der Waals surface area (Å²) in [5.74, 6) is 2.40. The second kappa shape index (κ2) is 11.7. The number of rotatable bonds is 8. The van der Waals surface area contributed by atoms with Crippen LogP contribution in [0.15, 0.2) is 107 Å². The summed E-state index contributed by atoms with van der Waals surface area (Å²) in [4.78, 5) is 4.76. The van der Waals surface area contributed by atoms with Crippen molar-refractivity contribution in [1.82, 2.24) is 0 Å². The molecule has 40 heavy (non-hydrogen) atoms. The van der Waals surface area contributed by atoms with E-state index in [9.17, 15) is 0 Å². The highest BCUT2D eigenvalue weighted by Crippen LogP contribution is 2.49. The van der Waals surface area contributed by atoms with Crippen LogP contribution in [0.5, 0.6) is 11.5 Å². The molecule has 1 heterocycles. The van der Waals surface area contributed by atoms with Gasteiger partial charge in [0.05, 0.1) is 22.8 Å². The molecule has 0 saturated carbocycles. The molecule has 0 aromatic heterocycles. The highest BCUT2D eigenvalue weighted by molar-refractivity contribution is 9.10. The largest absolute Gasteiger partial charge is 0.490 e. The average Bonchev–Trinajstić information content (AvgIpc) is 3.47. The summed E-state index contributed by atoms with van der Waals surface area (Å²) in [7, 11) is 0. The van der Waals surface area contributed by atoms with Gasteiger partial charge >= 0.3 is 0 Å². The fourth-order valence-electron chi connectivity index (χ4n) is 5.70. The predicted molar refractivity (Wildman–Crippen MR) is 167 cm³/mol. The van der Waals surface area contributed by atoms with Gasteiger partial charge in [-0.05, 0) is 94.7 Å². The van der Waals surface area contributed by atoms with E-state index in [4.69, 9.17) is 14.5 Å². The molecule has 4 nitrogen and oxygen atoms in total. The first-order valence-electron chi connectivity index (χ1n) is 13.9. The second-order valence-electron chi connectivity index (χ2n) is 10.4. The third-order valence-electron chi connectivity index (χ3n) is 7.72. The van der Waals surface area contributed by atoms with Gasteiger partial charge in [-0.1, -0.05) is 72.3 Å². The lowest BCUT2D eigenvalue weighted by atomic mass is 9.77. The quantitative estimate of drug-likeness (QED) is 0.164. The Morgan fingerprint density at radius 2 is 1.77 bits per heavy atom. The Morgan fingerprint density at radius 1 is 0.975 bits per heavy atom. The lowest BCUT2D eigenvalue weighted by molar-refractivity contribution is 0.267. The molecule has 1 aliphatic carbocycles. The van der Waals surface area contributed by atoms with Crippen molar-refractivity contribution in [3.05, 3.63) is 129 Å². The maximum atomic E-state index is 6.16. The van der Waals surface area contributed by atoms with Crippen molar-refractivity contribution in [3.63, 3.8) is 0 Å². The number of nitrogens with one attached hydrogen (secondary N) is 1. The lowest BCUT2D eigenvalue weighted by Crippen LogP contribution is -2.28. The highest BCUT2D eigenvalue weighted by atomic mass is 79.9. The lowest BCUT2D eigenvalue weighted by Gasteiger charge is -2.37. The monoisotopic (exact) mass is 592 g/mol. The smallest absolute Gasteiger partial charge is 0.175 e. The van der Waals surface area contributed by atoms with Gasteiger partial charge in [-0.15, -0.1) is 0 Å². The molecule has 4 aromatic rings. The Kier molecular flexibility index (Phi) is 7.74. The van der Waals surface area contributed by atoms with E-state index in [-0.39, 0.29) is 6.04 Å². The Morgan fingerprint density at radius 3 is 2.58 bits per heavy atom. The molecule has 5 heteroatoms. The van der Waals surface area contributed by atoms with Gasteiger partial charge in [-0.2, -0.15) is 0 Å². The fraction of sp³-hybridized carbons (Fsp3) is 0.229. The van der Waals surface area contributed by atoms with Crippen LogP contribution in [0.1, 0.15) is 53.1 Å². The summed E-state index contributed by atoms with van der Waals surface area (Å²) in [5, 5.41) is 3.81. The van der Waals surface area contributed by atoms with E-state index in [2.05, 4.69) is 113 Å². The average molecular weight is 594 g/mol. The van der Waals surface area contributed by atoms with Gasteiger partial charge in [0.1, 0.15) is 6.61 Å². The third kappa shape index (κ3) is 5.57. The summed E-state index contributed by atoms with van der Waals surface area (Å²) in [6.07, 6.45) is 7.68. The van der Waals surface area contributed by atoms with Crippen molar-refractivity contribution < 1.29 is 9.47 Å². The Balaban J connectivity index is 1.17. The van der Waals surface area contributed by atoms with Gasteiger partial charge in [0, 0.05) is 17.8 Å². The van der Waals surface area contributed by atoms with Crippen molar-refractivity contribution in [3.8, 4) is 11.5 Å². The number of ether oxygens (including phenoxy) is 2. The number of hydrogen-bond acceptors (Lipinski definition) is 4. The van der Waals surface area contributed by atoms with Gasteiger partial charge in [0.15, 0.2) is 11.5 Å². The van der Waals surface area contributed by atoms with Crippen LogP contribution in [0.2, 0.25) is 0 Å². The second-order valence-corrected chi connectivity index (χ2v) is 11.3. The van der Waals surface area contributed by atoms with Gasteiger partial charge in [-0.3, -0.25) is 4.99 Å². The van der Waals surface area contributed by atoms with Crippen molar-refractivity contribution in [1.29, 1.82) is 0 Å². The van der Waals surface area contributed by atoms with Crippen LogP contribution < -0.4 is 14.8 Å². The van der Waals surface area contributed by atoms with Gasteiger partial charge in [0.2, 0.25) is 0 Å². The summed E-state index contributed by atoms with van der Waals surface area (Å²) in [6, 6.07) is 29.9. The molecule has 1 aliphatic heterocycles. The molecule has 0 fully saturated rings. The van der Waals surface area contributed by atoms with E-state index in [1.54, 1.807) is 0 Å². The summed E-state index contributed by atoms with van der Waals surface area (Å²) in [6.45, 7) is 5.08. The number of hydrogen-bond donors (Lipinski definition) is 1. The number of aryl methyl sites for hydroxylation is 1. The van der Waals surface area contributed by atoms with Gasteiger partial charge in [-0.25, -0.2) is 0 Å². The van der Waals surface area contributed by atoms with E-state index >= 15 is 0 Å². The molecular formula is C35H33BrN2O2. The van der Waals surface area contributed by atoms with E-state index in [0.29, 0.717) is 36.5 Å². The van der Waals surface area contributed by atoms with E-state index < -0.39 is 0 Å². The van der Waals surface area contributed by atoms with Crippen molar-refractivity contribution in [2.75, 3.05) is 11.9 Å². The topological polar surface area (TPSA) is 42.8 Å². The first-order chi connectivity index (χ1) is 19.6. The Hall–Kier alpha value is -3.83. The molecule has 3 atom stereocenters. The van der Waals surface area contributed by atoms with E-state index in [1.165, 1.54) is 22.4 Å². The molecule has 0 spiro atoms. The highest BCUT2D eigenvalue weighted by Gasteiger charge is 2.37. The van der Waals surface area contributed by atoms with Crippen LogP contribution in [-0.4, -0.2) is 12.8 Å². The Labute approximate surface area is 244 Å². The summed E-state index contributed by atoms with van der Waals surface area (Å²) < 4.78 is 12.9. The van der Waals surface area contributed by atoms with Crippen LogP contribution in [0, 0.1) is 12.8 Å². The molecule has 0 unspecified atom stereocenters. The number of halogens is 1. The predicted octanol–water partition coefficient (Wildman–Crippen LogP) is 9.31. The first kappa shape index (κ1) is 26.4. The molecule has 0 saturated heterocycles. The SMILES string of the molecule is CCOc1cc(C=Nc2ccc([C@@H]3Nc4ccccc4[C@H]4C=CC[C@H]43)cc2)cc(Br)c1OCc1ccc(C)cc1. The van der Waals surface area contributed by atoms with Crippen LogP contribution in [-0.2, 0) is 6.61 Å². The maximum absolute atomic E-state index is 6.16. The van der Waals surface area contributed by atoms with Crippen LogP contribution in [0.4, 0.5) is 11.4 Å². The van der Waals surface area contributed by atoms with Crippen molar-refractivity contribution in [2.24, 2.45) is 10.9 Å². The molecule has 2 aliphatic rings. The summed E-state index contributed by atoms with van der Waals surface area (Å²) in [5.41, 5.74) is 8.13. The van der Waals surface area contributed by atoms with Crippen molar-refractivity contribution in [2.45, 2.75) is 38.8 Å². The van der Waals surface area contributed by atoms with Crippen LogP contribution in [0.3, 0.4) is 0 Å². The zero-order valence-electron chi connectivity index (χ0n) is 22.8. The number of fused-ring (bicyclic) bond motifs is 3. The molecule has 6 rings (SSSR count). The number of para-hydroxylation sites is 1.